The molecular weight excluding hydrogens is 340 g/mol. The monoisotopic (exact) mass is 355 g/mol. The Hall–Kier alpha value is -3.16. The molecule has 0 amide bonds. The van der Waals surface area contributed by atoms with Crippen LogP contribution in [0, 0.1) is 0 Å². The molecule has 2 aromatic heterocycles. The number of aromatic nitrogens is 4. The lowest BCUT2D eigenvalue weighted by atomic mass is 10.3. The molecule has 132 valence electrons. The van der Waals surface area contributed by atoms with Gasteiger partial charge in [0.25, 0.3) is 0 Å². The number of nitrogens with zero attached hydrogens (tertiary/aromatic N) is 4. The van der Waals surface area contributed by atoms with Crippen molar-refractivity contribution in [1.82, 2.24) is 19.1 Å². The van der Waals surface area contributed by atoms with E-state index in [1.165, 1.54) is 12.1 Å². The minimum absolute atomic E-state index is 0.0845. The molecule has 2 aromatic carbocycles. The van der Waals surface area contributed by atoms with Gasteiger partial charge in [-0.1, -0.05) is 0 Å². The molecule has 0 aliphatic heterocycles. The Kier molecular flexibility index (Phi) is 3.15. The van der Waals surface area contributed by atoms with Gasteiger partial charge in [-0.05, 0) is 43.2 Å². The molecule has 0 radical (unpaired) electrons. The molecule has 1 aliphatic rings. The summed E-state index contributed by atoms with van der Waals surface area (Å²) in [5.41, 5.74) is 9.83. The molecule has 0 unspecified atom stereocenters. The number of benzene rings is 2. The Labute approximate surface area is 146 Å². The van der Waals surface area contributed by atoms with Gasteiger partial charge >= 0.3 is 6.61 Å². The molecule has 26 heavy (non-hydrogen) atoms. The zero-order valence-corrected chi connectivity index (χ0v) is 13.6. The van der Waals surface area contributed by atoms with Crippen molar-refractivity contribution >= 4 is 27.8 Å². The van der Waals surface area contributed by atoms with E-state index in [0.717, 1.165) is 35.3 Å². The molecule has 2 N–H and O–H groups in total. The summed E-state index contributed by atoms with van der Waals surface area (Å²) in [6.45, 7) is -2.86. The van der Waals surface area contributed by atoms with Gasteiger partial charge in [0, 0.05) is 17.8 Å². The van der Waals surface area contributed by atoms with Gasteiger partial charge in [-0.2, -0.15) is 8.78 Å². The van der Waals surface area contributed by atoms with E-state index in [0.29, 0.717) is 17.2 Å². The number of ether oxygens (including phenoxy) is 1. The average molecular weight is 355 g/mol. The van der Waals surface area contributed by atoms with Crippen molar-refractivity contribution in [3.8, 4) is 11.7 Å². The van der Waals surface area contributed by atoms with E-state index in [9.17, 15) is 8.78 Å². The Morgan fingerprint density at radius 2 is 1.92 bits per heavy atom. The van der Waals surface area contributed by atoms with Crippen LogP contribution in [0.5, 0.6) is 5.75 Å². The fraction of sp³-hybridized carbons (Fsp3) is 0.222. The van der Waals surface area contributed by atoms with Crippen LogP contribution in [0.15, 0.2) is 42.7 Å². The van der Waals surface area contributed by atoms with E-state index in [2.05, 4.69) is 14.3 Å². The normalized spacial score (nSPS) is 14.6. The van der Waals surface area contributed by atoms with Crippen LogP contribution in [0.2, 0.25) is 0 Å². The van der Waals surface area contributed by atoms with Crippen LogP contribution in [0.1, 0.15) is 18.9 Å². The second-order valence-corrected chi connectivity index (χ2v) is 6.40. The van der Waals surface area contributed by atoms with E-state index in [4.69, 9.17) is 10.7 Å². The lowest BCUT2D eigenvalue weighted by Crippen LogP contribution is -2.05. The summed E-state index contributed by atoms with van der Waals surface area (Å²) >= 11 is 0. The van der Waals surface area contributed by atoms with Crippen LogP contribution in [0.4, 0.5) is 14.5 Å². The van der Waals surface area contributed by atoms with E-state index in [-0.39, 0.29) is 5.75 Å². The Balaban J connectivity index is 1.69. The summed E-state index contributed by atoms with van der Waals surface area (Å²) in [7, 11) is 0. The van der Waals surface area contributed by atoms with Crippen LogP contribution < -0.4 is 10.5 Å². The number of fused-ring (bicyclic) bond motifs is 2. The molecular formula is C18H15F2N5O. The summed E-state index contributed by atoms with van der Waals surface area (Å²) in [6.07, 6.45) is 3.83. The van der Waals surface area contributed by atoms with Crippen LogP contribution >= 0.6 is 0 Å². The largest absolute Gasteiger partial charge is 0.435 e. The second-order valence-electron chi connectivity index (χ2n) is 6.40. The standard InChI is InChI=1S/C18H15F2N5O/c19-17(20)26-12-4-6-15-14(8-12)22-9-24(15)18-23-13-5-1-10(21)7-16(13)25(18)11-2-3-11/h1,4-9,11,17H,2-3,21H2. The number of halogens is 2. The number of hydrogen-bond acceptors (Lipinski definition) is 4. The lowest BCUT2D eigenvalue weighted by Gasteiger charge is -2.09. The molecule has 1 aliphatic carbocycles. The molecule has 8 heteroatoms. The highest BCUT2D eigenvalue weighted by Crippen LogP contribution is 2.40. The highest BCUT2D eigenvalue weighted by Gasteiger charge is 2.29. The molecule has 0 spiro atoms. The second kappa shape index (κ2) is 5.42. The number of anilines is 1. The maximum Gasteiger partial charge on any atom is 0.387 e. The van der Waals surface area contributed by atoms with E-state index < -0.39 is 6.61 Å². The molecule has 0 saturated heterocycles. The van der Waals surface area contributed by atoms with Crippen molar-refractivity contribution in [1.29, 1.82) is 0 Å². The molecule has 1 fully saturated rings. The summed E-state index contributed by atoms with van der Waals surface area (Å²) in [5.74, 6) is 0.833. The Morgan fingerprint density at radius 3 is 2.69 bits per heavy atom. The number of rotatable bonds is 4. The van der Waals surface area contributed by atoms with Gasteiger partial charge in [0.1, 0.15) is 12.1 Å². The van der Waals surface area contributed by atoms with Crippen molar-refractivity contribution in [3.63, 3.8) is 0 Å². The van der Waals surface area contributed by atoms with Crippen LogP contribution in [0.25, 0.3) is 28.0 Å². The first-order chi connectivity index (χ1) is 12.6. The van der Waals surface area contributed by atoms with Crippen LogP contribution in [-0.2, 0) is 0 Å². The Morgan fingerprint density at radius 1 is 1.08 bits per heavy atom. The van der Waals surface area contributed by atoms with Gasteiger partial charge < -0.3 is 15.0 Å². The number of nitrogens with two attached hydrogens (primary N) is 1. The summed E-state index contributed by atoms with van der Waals surface area (Å²) in [5, 5.41) is 0. The highest BCUT2D eigenvalue weighted by atomic mass is 19.3. The number of nitrogen functional groups attached to an aromatic ring is 1. The van der Waals surface area contributed by atoms with E-state index >= 15 is 0 Å². The first-order valence-electron chi connectivity index (χ1n) is 8.30. The zero-order chi connectivity index (χ0) is 17.8. The maximum absolute atomic E-state index is 12.4. The smallest absolute Gasteiger partial charge is 0.387 e. The van der Waals surface area contributed by atoms with E-state index in [1.807, 2.05) is 22.8 Å². The van der Waals surface area contributed by atoms with Gasteiger partial charge in [-0.3, -0.25) is 4.57 Å². The third-order valence-electron chi connectivity index (χ3n) is 4.57. The quantitative estimate of drug-likeness (QED) is 0.564. The van der Waals surface area contributed by atoms with Gasteiger partial charge in [-0.15, -0.1) is 0 Å². The van der Waals surface area contributed by atoms with Crippen LogP contribution in [-0.4, -0.2) is 25.7 Å². The lowest BCUT2D eigenvalue weighted by molar-refractivity contribution is -0.0497. The molecule has 6 nitrogen and oxygen atoms in total. The number of hydrogen-bond donors (Lipinski definition) is 1. The third-order valence-corrected chi connectivity index (χ3v) is 4.57. The van der Waals surface area contributed by atoms with Gasteiger partial charge in [0.15, 0.2) is 0 Å². The summed E-state index contributed by atoms with van der Waals surface area (Å²) in [4.78, 5) is 9.09. The molecule has 2 heterocycles. The first-order valence-corrected chi connectivity index (χ1v) is 8.30. The number of imidazole rings is 2. The van der Waals surface area contributed by atoms with Crippen molar-refractivity contribution in [2.24, 2.45) is 0 Å². The average Bonchev–Trinajstić information content (AvgIpc) is 3.24. The maximum atomic E-state index is 12.4. The molecule has 0 bridgehead atoms. The van der Waals surface area contributed by atoms with Crippen LogP contribution in [0.3, 0.4) is 0 Å². The third kappa shape index (κ3) is 2.37. The number of alkyl halides is 2. The van der Waals surface area contributed by atoms with Crippen molar-refractivity contribution in [2.45, 2.75) is 25.5 Å². The molecule has 5 rings (SSSR count). The van der Waals surface area contributed by atoms with Crippen molar-refractivity contribution in [3.05, 3.63) is 42.7 Å². The highest BCUT2D eigenvalue weighted by molar-refractivity contribution is 5.83. The molecule has 0 atom stereocenters. The zero-order valence-electron chi connectivity index (χ0n) is 13.6. The fourth-order valence-corrected chi connectivity index (χ4v) is 3.29. The SMILES string of the molecule is Nc1ccc2nc(-n3cnc4cc(OC(F)F)ccc43)n(C3CC3)c2c1. The van der Waals surface area contributed by atoms with E-state index in [1.54, 1.807) is 12.4 Å². The summed E-state index contributed by atoms with van der Waals surface area (Å²) < 4.78 is 33.3. The van der Waals surface area contributed by atoms with Crippen molar-refractivity contribution < 1.29 is 13.5 Å². The van der Waals surface area contributed by atoms with Crippen molar-refractivity contribution in [2.75, 3.05) is 5.73 Å². The van der Waals surface area contributed by atoms with Gasteiger partial charge in [0.2, 0.25) is 5.95 Å². The predicted octanol–water partition coefficient (Wildman–Crippen LogP) is 3.89. The summed E-state index contributed by atoms with van der Waals surface area (Å²) in [6, 6.07) is 10.8. The molecule has 1 saturated carbocycles. The van der Waals surface area contributed by atoms with Gasteiger partial charge in [0.05, 0.1) is 22.1 Å². The minimum Gasteiger partial charge on any atom is -0.435 e. The Bertz CT molecular complexity index is 1130. The topological polar surface area (TPSA) is 70.9 Å². The predicted molar refractivity (Wildman–Crippen MR) is 93.7 cm³/mol. The molecule has 4 aromatic rings. The van der Waals surface area contributed by atoms with Gasteiger partial charge in [-0.25, -0.2) is 9.97 Å². The first kappa shape index (κ1) is 15.1. The fourth-order valence-electron chi connectivity index (χ4n) is 3.29. The minimum atomic E-state index is -2.86.